The fourth-order valence-electron chi connectivity index (χ4n) is 3.29. The third-order valence-corrected chi connectivity index (χ3v) is 4.53. The van der Waals surface area contributed by atoms with Gasteiger partial charge in [-0.3, -0.25) is 0 Å². The maximum Gasteiger partial charge on any atom is 0.407 e. The fraction of sp³-hybridized carbons (Fsp3) is 0.600. The summed E-state index contributed by atoms with van der Waals surface area (Å²) in [4.78, 5) is 24.9. The molecule has 1 aliphatic rings. The molecule has 0 aliphatic heterocycles. The molecule has 26 heavy (non-hydrogen) atoms. The van der Waals surface area contributed by atoms with Crippen LogP contribution in [0.15, 0.2) is 30.3 Å². The summed E-state index contributed by atoms with van der Waals surface area (Å²) in [5.41, 5.74) is 0.496. The highest BCUT2D eigenvalue weighted by Gasteiger charge is 2.27. The van der Waals surface area contributed by atoms with Crippen molar-refractivity contribution >= 4 is 12.2 Å². The number of alkyl carbamates (subject to hydrolysis) is 1. The second-order valence-corrected chi connectivity index (χ2v) is 8.01. The summed E-state index contributed by atoms with van der Waals surface area (Å²) < 4.78 is 5.29. The zero-order chi connectivity index (χ0) is 19.2. The van der Waals surface area contributed by atoms with Gasteiger partial charge in [0.2, 0.25) is 0 Å². The molecule has 0 heterocycles. The molecule has 6 nitrogen and oxygen atoms in total. The number of ether oxygens (including phenoxy) is 1. The molecule has 0 spiro atoms. The number of nitrogens with zero attached hydrogens (tertiary/aromatic N) is 1. The van der Waals surface area contributed by atoms with Gasteiger partial charge in [0.05, 0.1) is 0 Å². The molecular weight excluding hydrogens is 332 g/mol. The van der Waals surface area contributed by atoms with Crippen molar-refractivity contribution in [1.29, 1.82) is 0 Å². The van der Waals surface area contributed by atoms with Crippen LogP contribution in [0.1, 0.15) is 52.0 Å². The summed E-state index contributed by atoms with van der Waals surface area (Å²) in [6.45, 7) is 6.47. The Hall–Kier alpha value is -2.24. The zero-order valence-electron chi connectivity index (χ0n) is 15.9. The SMILES string of the molecule is CC(C)(C)OC(=O)N[C@H]1CC[C@H](CN(Cc2ccccc2)C(=O)O)CC1. The number of nitrogens with one attached hydrogen (secondary N) is 1. The van der Waals surface area contributed by atoms with Crippen molar-refractivity contribution in [2.24, 2.45) is 5.92 Å². The average molecular weight is 362 g/mol. The summed E-state index contributed by atoms with van der Waals surface area (Å²) in [7, 11) is 0. The molecule has 1 aromatic carbocycles. The molecule has 0 aromatic heterocycles. The van der Waals surface area contributed by atoms with Gasteiger partial charge in [0, 0.05) is 19.1 Å². The number of rotatable bonds is 5. The van der Waals surface area contributed by atoms with E-state index in [9.17, 15) is 14.7 Å². The number of hydrogen-bond donors (Lipinski definition) is 2. The number of hydrogen-bond acceptors (Lipinski definition) is 3. The molecular formula is C20H30N2O4. The van der Waals surface area contributed by atoms with Crippen LogP contribution in [0.25, 0.3) is 0 Å². The fourth-order valence-corrected chi connectivity index (χ4v) is 3.29. The molecule has 1 aliphatic carbocycles. The van der Waals surface area contributed by atoms with Crippen LogP contribution in [0.2, 0.25) is 0 Å². The lowest BCUT2D eigenvalue weighted by Crippen LogP contribution is -2.42. The summed E-state index contributed by atoms with van der Waals surface area (Å²) in [5, 5.41) is 12.4. The van der Waals surface area contributed by atoms with Crippen molar-refractivity contribution in [3.05, 3.63) is 35.9 Å². The molecule has 6 heteroatoms. The van der Waals surface area contributed by atoms with Crippen molar-refractivity contribution in [2.75, 3.05) is 6.54 Å². The van der Waals surface area contributed by atoms with Crippen LogP contribution in [0.4, 0.5) is 9.59 Å². The normalized spacial score (nSPS) is 20.3. The Balaban J connectivity index is 1.79. The maximum atomic E-state index is 11.9. The molecule has 1 fully saturated rings. The monoisotopic (exact) mass is 362 g/mol. The van der Waals surface area contributed by atoms with E-state index >= 15 is 0 Å². The highest BCUT2D eigenvalue weighted by molar-refractivity contribution is 5.68. The van der Waals surface area contributed by atoms with Gasteiger partial charge in [0.25, 0.3) is 0 Å². The van der Waals surface area contributed by atoms with Crippen molar-refractivity contribution < 1.29 is 19.4 Å². The minimum Gasteiger partial charge on any atom is -0.465 e. The smallest absolute Gasteiger partial charge is 0.407 e. The minimum absolute atomic E-state index is 0.105. The van der Waals surface area contributed by atoms with Crippen molar-refractivity contribution in [3.63, 3.8) is 0 Å². The molecule has 0 saturated heterocycles. The molecule has 2 N–H and O–H groups in total. The number of carbonyl (C=O) groups excluding carboxylic acids is 1. The Morgan fingerprint density at radius 3 is 2.31 bits per heavy atom. The Morgan fingerprint density at radius 1 is 1.15 bits per heavy atom. The summed E-state index contributed by atoms with van der Waals surface area (Å²) in [5.74, 6) is 0.325. The van der Waals surface area contributed by atoms with Gasteiger partial charge < -0.3 is 20.1 Å². The largest absolute Gasteiger partial charge is 0.465 e. The van der Waals surface area contributed by atoms with Crippen LogP contribution >= 0.6 is 0 Å². The van der Waals surface area contributed by atoms with Gasteiger partial charge in [0.1, 0.15) is 5.60 Å². The molecule has 0 atom stereocenters. The maximum absolute atomic E-state index is 11.9. The second kappa shape index (κ2) is 8.92. The Bertz CT molecular complexity index is 590. The van der Waals surface area contributed by atoms with Gasteiger partial charge in [-0.2, -0.15) is 0 Å². The third-order valence-electron chi connectivity index (χ3n) is 4.53. The number of carboxylic acid groups (broad SMARTS) is 1. The van der Waals surface area contributed by atoms with E-state index in [1.165, 1.54) is 4.90 Å². The van der Waals surface area contributed by atoms with E-state index in [4.69, 9.17) is 4.74 Å². The van der Waals surface area contributed by atoms with E-state index in [1.807, 2.05) is 51.1 Å². The van der Waals surface area contributed by atoms with E-state index in [0.29, 0.717) is 19.0 Å². The van der Waals surface area contributed by atoms with E-state index in [0.717, 1.165) is 31.2 Å². The summed E-state index contributed by atoms with van der Waals surface area (Å²) in [6, 6.07) is 9.75. The van der Waals surface area contributed by atoms with Crippen molar-refractivity contribution in [1.82, 2.24) is 10.2 Å². The van der Waals surface area contributed by atoms with Crippen molar-refractivity contribution in [2.45, 2.75) is 64.6 Å². The first-order valence-corrected chi connectivity index (χ1v) is 9.24. The number of benzene rings is 1. The zero-order valence-corrected chi connectivity index (χ0v) is 15.9. The van der Waals surface area contributed by atoms with Gasteiger partial charge in [-0.15, -0.1) is 0 Å². The standard InChI is InChI=1S/C20H30N2O4/c1-20(2,3)26-18(23)21-17-11-9-16(10-12-17)14-22(19(24)25)13-15-7-5-4-6-8-15/h4-8,16-17H,9-14H2,1-3H3,(H,21,23)(H,24,25)/t16-,17-. The molecule has 0 unspecified atom stereocenters. The first kappa shape index (κ1) is 20.1. The first-order valence-electron chi connectivity index (χ1n) is 9.24. The molecule has 1 saturated carbocycles. The van der Waals surface area contributed by atoms with Gasteiger partial charge in [0.15, 0.2) is 0 Å². The quantitative estimate of drug-likeness (QED) is 0.821. The number of carbonyl (C=O) groups is 2. The van der Waals surface area contributed by atoms with Gasteiger partial charge in [-0.1, -0.05) is 30.3 Å². The molecule has 2 rings (SSSR count). The average Bonchev–Trinajstić information content (AvgIpc) is 2.55. The summed E-state index contributed by atoms with van der Waals surface area (Å²) in [6.07, 6.45) is 2.24. The minimum atomic E-state index is -0.886. The predicted molar refractivity (Wildman–Crippen MR) is 100.0 cm³/mol. The second-order valence-electron chi connectivity index (χ2n) is 8.01. The van der Waals surface area contributed by atoms with Gasteiger partial charge in [-0.25, -0.2) is 9.59 Å². The molecule has 1 aromatic rings. The van der Waals surface area contributed by atoms with Crippen molar-refractivity contribution in [3.8, 4) is 0 Å². The third kappa shape index (κ3) is 6.94. The number of amides is 2. The first-order chi connectivity index (χ1) is 12.2. The highest BCUT2D eigenvalue weighted by atomic mass is 16.6. The van der Waals surface area contributed by atoms with E-state index in [-0.39, 0.29) is 12.1 Å². The lowest BCUT2D eigenvalue weighted by Gasteiger charge is -2.32. The Kier molecular flexibility index (Phi) is 6.89. The van der Waals surface area contributed by atoms with Crippen LogP contribution < -0.4 is 5.32 Å². The van der Waals surface area contributed by atoms with Crippen LogP contribution in [0, 0.1) is 5.92 Å². The van der Waals surface area contributed by atoms with Gasteiger partial charge in [-0.05, 0) is 57.9 Å². The van der Waals surface area contributed by atoms with E-state index < -0.39 is 11.7 Å². The van der Waals surface area contributed by atoms with Crippen LogP contribution in [0.3, 0.4) is 0 Å². The van der Waals surface area contributed by atoms with Crippen LogP contribution in [0.5, 0.6) is 0 Å². The van der Waals surface area contributed by atoms with E-state index in [1.54, 1.807) is 0 Å². The topological polar surface area (TPSA) is 78.9 Å². The highest BCUT2D eigenvalue weighted by Crippen LogP contribution is 2.26. The lowest BCUT2D eigenvalue weighted by atomic mass is 9.85. The summed E-state index contributed by atoms with van der Waals surface area (Å²) >= 11 is 0. The molecule has 2 amide bonds. The lowest BCUT2D eigenvalue weighted by molar-refractivity contribution is 0.0484. The van der Waals surface area contributed by atoms with Crippen LogP contribution in [-0.4, -0.2) is 40.4 Å². The Morgan fingerprint density at radius 2 is 1.77 bits per heavy atom. The predicted octanol–water partition coefficient (Wildman–Crippen LogP) is 4.25. The molecule has 144 valence electrons. The van der Waals surface area contributed by atoms with Crippen LogP contribution in [-0.2, 0) is 11.3 Å². The van der Waals surface area contributed by atoms with E-state index in [2.05, 4.69) is 5.32 Å². The van der Waals surface area contributed by atoms with Gasteiger partial charge >= 0.3 is 12.2 Å². The molecule has 0 bridgehead atoms. The Labute approximate surface area is 155 Å². The molecule has 0 radical (unpaired) electrons.